The van der Waals surface area contributed by atoms with Crippen LogP contribution in [0, 0.1) is 12.8 Å². The third-order valence-electron chi connectivity index (χ3n) is 2.68. The van der Waals surface area contributed by atoms with Crippen LogP contribution in [-0.2, 0) is 4.79 Å². The van der Waals surface area contributed by atoms with Crippen LogP contribution < -0.4 is 5.32 Å². The van der Waals surface area contributed by atoms with Crippen LogP contribution in [-0.4, -0.2) is 16.1 Å². The molecule has 0 aliphatic carbocycles. The number of amides is 1. The van der Waals surface area contributed by atoms with Gasteiger partial charge in [0, 0.05) is 12.0 Å². The Balaban J connectivity index is 2.18. The second-order valence-electron chi connectivity index (χ2n) is 4.68. The number of anilines is 1. The summed E-state index contributed by atoms with van der Waals surface area (Å²) in [4.78, 5) is 11.5. The summed E-state index contributed by atoms with van der Waals surface area (Å²) >= 11 is 0. The molecule has 4 heteroatoms. The van der Waals surface area contributed by atoms with Gasteiger partial charge in [0.1, 0.15) is 0 Å². The van der Waals surface area contributed by atoms with E-state index < -0.39 is 0 Å². The molecule has 1 amide bonds. The molecule has 2 N–H and O–H groups in total. The summed E-state index contributed by atoms with van der Waals surface area (Å²) in [5, 5.41) is 9.78. The van der Waals surface area contributed by atoms with Crippen molar-refractivity contribution in [1.29, 1.82) is 0 Å². The third kappa shape index (κ3) is 2.77. The van der Waals surface area contributed by atoms with Gasteiger partial charge in [-0.05, 0) is 18.6 Å². The van der Waals surface area contributed by atoms with Gasteiger partial charge in [-0.2, -0.15) is 5.10 Å². The number of hydrogen-bond acceptors (Lipinski definition) is 2. The monoisotopic (exact) mass is 243 g/mol. The van der Waals surface area contributed by atoms with Crippen molar-refractivity contribution in [3.63, 3.8) is 0 Å². The van der Waals surface area contributed by atoms with E-state index in [0.29, 0.717) is 5.82 Å². The highest BCUT2D eigenvalue weighted by Crippen LogP contribution is 2.20. The minimum Gasteiger partial charge on any atom is -0.309 e. The second kappa shape index (κ2) is 5.04. The maximum Gasteiger partial charge on any atom is 0.228 e. The van der Waals surface area contributed by atoms with Gasteiger partial charge in [-0.25, -0.2) is 0 Å². The normalized spacial score (nSPS) is 10.7. The van der Waals surface area contributed by atoms with Gasteiger partial charge >= 0.3 is 0 Å². The summed E-state index contributed by atoms with van der Waals surface area (Å²) < 4.78 is 0. The molecule has 0 saturated heterocycles. The molecule has 0 atom stereocenters. The van der Waals surface area contributed by atoms with Crippen molar-refractivity contribution in [2.75, 3.05) is 5.32 Å². The summed E-state index contributed by atoms with van der Waals surface area (Å²) in [6.07, 6.45) is 0. The molecular weight excluding hydrogens is 226 g/mol. The number of hydrogen-bond donors (Lipinski definition) is 2. The van der Waals surface area contributed by atoms with E-state index in [1.165, 1.54) is 5.56 Å². The van der Waals surface area contributed by atoms with Crippen LogP contribution in [0.25, 0.3) is 11.3 Å². The van der Waals surface area contributed by atoms with Crippen LogP contribution >= 0.6 is 0 Å². The first-order chi connectivity index (χ1) is 8.56. The van der Waals surface area contributed by atoms with Crippen molar-refractivity contribution in [1.82, 2.24) is 10.2 Å². The molecule has 4 nitrogen and oxygen atoms in total. The fourth-order valence-corrected chi connectivity index (χ4v) is 1.62. The van der Waals surface area contributed by atoms with E-state index in [1.807, 2.05) is 45.0 Å². The zero-order valence-corrected chi connectivity index (χ0v) is 10.8. The summed E-state index contributed by atoms with van der Waals surface area (Å²) in [6.45, 7) is 5.74. The highest BCUT2D eigenvalue weighted by molar-refractivity contribution is 5.91. The third-order valence-corrected chi connectivity index (χ3v) is 2.68. The number of nitrogens with zero attached hydrogens (tertiary/aromatic N) is 1. The zero-order valence-electron chi connectivity index (χ0n) is 10.8. The number of rotatable bonds is 3. The maximum atomic E-state index is 11.5. The Morgan fingerprint density at radius 3 is 2.78 bits per heavy atom. The Morgan fingerprint density at radius 2 is 2.11 bits per heavy atom. The lowest BCUT2D eigenvalue weighted by atomic mass is 10.1. The number of aromatic nitrogens is 2. The summed E-state index contributed by atoms with van der Waals surface area (Å²) in [7, 11) is 0. The van der Waals surface area contributed by atoms with Gasteiger partial charge in [0.2, 0.25) is 5.91 Å². The highest BCUT2D eigenvalue weighted by atomic mass is 16.1. The molecular formula is C14H17N3O. The molecule has 1 aromatic heterocycles. The molecule has 0 saturated carbocycles. The molecule has 2 aromatic rings. The molecule has 1 heterocycles. The lowest BCUT2D eigenvalue weighted by Crippen LogP contribution is -2.17. The first-order valence-corrected chi connectivity index (χ1v) is 5.99. The number of nitrogens with one attached hydrogen (secondary N) is 2. The van der Waals surface area contributed by atoms with Crippen LogP contribution in [0.1, 0.15) is 19.4 Å². The Labute approximate surface area is 106 Å². The number of aromatic amines is 1. The molecule has 0 bridgehead atoms. The number of aryl methyl sites for hydroxylation is 1. The fourth-order valence-electron chi connectivity index (χ4n) is 1.62. The largest absolute Gasteiger partial charge is 0.309 e. The van der Waals surface area contributed by atoms with Gasteiger partial charge in [0.15, 0.2) is 5.82 Å². The molecule has 18 heavy (non-hydrogen) atoms. The van der Waals surface area contributed by atoms with Gasteiger partial charge < -0.3 is 5.32 Å². The minimum atomic E-state index is -0.0517. The van der Waals surface area contributed by atoms with Crippen molar-refractivity contribution in [3.8, 4) is 11.3 Å². The smallest absolute Gasteiger partial charge is 0.228 e. The van der Waals surface area contributed by atoms with Crippen molar-refractivity contribution in [2.24, 2.45) is 5.92 Å². The van der Waals surface area contributed by atoms with Gasteiger partial charge in [-0.1, -0.05) is 37.6 Å². The molecule has 0 fully saturated rings. The zero-order chi connectivity index (χ0) is 13.1. The average molecular weight is 243 g/mol. The van der Waals surface area contributed by atoms with E-state index in [0.717, 1.165) is 11.3 Å². The summed E-state index contributed by atoms with van der Waals surface area (Å²) in [6, 6.07) is 9.96. The molecule has 94 valence electrons. The maximum absolute atomic E-state index is 11.5. The molecule has 0 unspecified atom stereocenters. The molecule has 2 rings (SSSR count). The highest BCUT2D eigenvalue weighted by Gasteiger charge is 2.10. The summed E-state index contributed by atoms with van der Waals surface area (Å²) in [5.41, 5.74) is 3.15. The topological polar surface area (TPSA) is 57.8 Å². The number of H-pyrrole nitrogens is 1. The lowest BCUT2D eigenvalue weighted by molar-refractivity contribution is -0.118. The van der Waals surface area contributed by atoms with Crippen molar-refractivity contribution < 1.29 is 4.79 Å². The average Bonchev–Trinajstić information content (AvgIpc) is 2.77. The predicted octanol–water partition coefficient (Wildman–Crippen LogP) is 2.98. The van der Waals surface area contributed by atoms with Gasteiger partial charge in [-0.15, -0.1) is 0 Å². The lowest BCUT2D eigenvalue weighted by Gasteiger charge is -2.03. The van der Waals surface area contributed by atoms with E-state index in [2.05, 4.69) is 21.6 Å². The van der Waals surface area contributed by atoms with E-state index in [1.54, 1.807) is 0 Å². The Hall–Kier alpha value is -2.10. The van der Waals surface area contributed by atoms with Crippen LogP contribution in [0.4, 0.5) is 5.82 Å². The van der Waals surface area contributed by atoms with Gasteiger partial charge in [-0.3, -0.25) is 9.89 Å². The molecule has 0 spiro atoms. The van der Waals surface area contributed by atoms with E-state index >= 15 is 0 Å². The van der Waals surface area contributed by atoms with Crippen LogP contribution in [0.3, 0.4) is 0 Å². The van der Waals surface area contributed by atoms with Crippen LogP contribution in [0.15, 0.2) is 30.3 Å². The molecule has 0 aliphatic rings. The van der Waals surface area contributed by atoms with Crippen molar-refractivity contribution >= 4 is 11.7 Å². The standard InChI is InChI=1S/C14H17N3O/c1-9(2)14(18)15-13-8-12(16-17-13)11-6-4-5-10(3)7-11/h4-9H,1-3H3,(H2,15,16,17,18). The first kappa shape index (κ1) is 12.4. The van der Waals surface area contributed by atoms with Crippen LogP contribution in [0.5, 0.6) is 0 Å². The summed E-state index contributed by atoms with van der Waals surface area (Å²) in [5.74, 6) is 0.478. The van der Waals surface area contributed by atoms with Crippen molar-refractivity contribution in [3.05, 3.63) is 35.9 Å². The Kier molecular flexibility index (Phi) is 3.46. The van der Waals surface area contributed by atoms with Gasteiger partial charge in [0.05, 0.1) is 5.69 Å². The number of carbonyl (C=O) groups is 1. The Bertz CT molecular complexity index is 558. The van der Waals surface area contributed by atoms with Crippen molar-refractivity contribution in [2.45, 2.75) is 20.8 Å². The van der Waals surface area contributed by atoms with Gasteiger partial charge in [0.25, 0.3) is 0 Å². The van der Waals surface area contributed by atoms with E-state index in [9.17, 15) is 4.79 Å². The molecule has 1 aromatic carbocycles. The minimum absolute atomic E-state index is 0.0303. The predicted molar refractivity (Wildman–Crippen MR) is 72.2 cm³/mol. The SMILES string of the molecule is Cc1cccc(-c2cc(NC(=O)C(C)C)n[nH]2)c1. The quantitative estimate of drug-likeness (QED) is 0.870. The van der Waals surface area contributed by atoms with E-state index in [4.69, 9.17) is 0 Å². The second-order valence-corrected chi connectivity index (χ2v) is 4.68. The Morgan fingerprint density at radius 1 is 1.33 bits per heavy atom. The number of carbonyl (C=O) groups excluding carboxylic acids is 1. The number of benzene rings is 1. The fraction of sp³-hybridized carbons (Fsp3) is 0.286. The van der Waals surface area contributed by atoms with Crippen LogP contribution in [0.2, 0.25) is 0 Å². The molecule has 0 radical (unpaired) electrons. The first-order valence-electron chi connectivity index (χ1n) is 5.99. The molecule has 0 aliphatic heterocycles. The van der Waals surface area contributed by atoms with E-state index in [-0.39, 0.29) is 11.8 Å².